The van der Waals surface area contributed by atoms with E-state index in [0.717, 1.165) is 16.7 Å². The molecule has 1 aromatic heterocycles. The molecule has 0 bridgehead atoms. The first-order valence-corrected chi connectivity index (χ1v) is 14.3. The van der Waals surface area contributed by atoms with E-state index in [-0.39, 0.29) is 28.6 Å². The van der Waals surface area contributed by atoms with Crippen molar-refractivity contribution < 1.29 is 14.3 Å². The first-order chi connectivity index (χ1) is 20.8. The number of aromatic nitrogens is 2. The summed E-state index contributed by atoms with van der Waals surface area (Å²) >= 11 is 0. The number of anilines is 3. The first-order valence-electron chi connectivity index (χ1n) is 14.3. The lowest BCUT2D eigenvalue weighted by molar-refractivity contribution is 0.0795. The maximum atomic E-state index is 13.1. The van der Waals surface area contributed by atoms with E-state index in [1.165, 1.54) is 16.6 Å². The fourth-order valence-electron chi connectivity index (χ4n) is 4.77. The third-order valence-corrected chi connectivity index (χ3v) is 7.45. The van der Waals surface area contributed by atoms with Crippen molar-refractivity contribution in [2.45, 2.75) is 33.1 Å². The van der Waals surface area contributed by atoms with Crippen molar-refractivity contribution >= 4 is 29.0 Å². The zero-order valence-electron chi connectivity index (χ0n) is 26.3. The van der Waals surface area contributed by atoms with Crippen molar-refractivity contribution in [3.63, 3.8) is 0 Å². The number of nitrogens with two attached hydrogens (primary N) is 1. The maximum Gasteiger partial charge on any atom is 0.293 e. The largest absolute Gasteiger partial charge is 0.496 e. The number of hydrogen-bond donors (Lipinski definition) is 3. The first kappa shape index (κ1) is 32.0. The van der Waals surface area contributed by atoms with Crippen LogP contribution >= 0.6 is 0 Å². The van der Waals surface area contributed by atoms with Crippen LogP contribution in [0.1, 0.15) is 52.6 Å². The number of aryl methyl sites for hydroxylation is 1. The van der Waals surface area contributed by atoms with Crippen molar-refractivity contribution in [3.05, 3.63) is 99.5 Å². The summed E-state index contributed by atoms with van der Waals surface area (Å²) in [7, 11) is 4.80. The lowest BCUT2D eigenvalue weighted by atomic mass is 9.86. The summed E-state index contributed by atoms with van der Waals surface area (Å²) in [6.07, 6.45) is 1.66. The Kier molecular flexibility index (Phi) is 9.54. The van der Waals surface area contributed by atoms with Gasteiger partial charge in [-0.05, 0) is 53.8 Å². The summed E-state index contributed by atoms with van der Waals surface area (Å²) in [6, 6.07) is 18.1. The van der Waals surface area contributed by atoms with Gasteiger partial charge in [0.05, 0.1) is 18.4 Å². The van der Waals surface area contributed by atoms with Gasteiger partial charge in [-0.15, -0.1) is 0 Å². The molecule has 230 valence electrons. The van der Waals surface area contributed by atoms with Crippen molar-refractivity contribution in [1.29, 1.82) is 0 Å². The van der Waals surface area contributed by atoms with Gasteiger partial charge in [-0.2, -0.15) is 0 Å². The van der Waals surface area contributed by atoms with Gasteiger partial charge >= 0.3 is 0 Å². The van der Waals surface area contributed by atoms with Gasteiger partial charge in [0.1, 0.15) is 5.75 Å². The van der Waals surface area contributed by atoms with Crippen LogP contribution in [0.25, 0.3) is 11.3 Å². The van der Waals surface area contributed by atoms with Crippen molar-refractivity contribution in [1.82, 2.24) is 14.5 Å². The minimum atomic E-state index is -0.337. The molecule has 0 aliphatic carbocycles. The lowest BCUT2D eigenvalue weighted by Gasteiger charge is -2.19. The average Bonchev–Trinajstić information content (AvgIpc) is 2.99. The summed E-state index contributed by atoms with van der Waals surface area (Å²) in [5, 5.41) is 6.10. The highest BCUT2D eigenvalue weighted by atomic mass is 16.5. The molecule has 0 spiro atoms. The molecule has 0 aliphatic heterocycles. The average molecular weight is 597 g/mol. The van der Waals surface area contributed by atoms with Crippen molar-refractivity contribution in [2.24, 2.45) is 12.8 Å². The topological polar surface area (TPSA) is 132 Å². The van der Waals surface area contributed by atoms with E-state index in [4.69, 9.17) is 10.5 Å². The van der Waals surface area contributed by atoms with Crippen LogP contribution in [0.4, 0.5) is 17.2 Å². The number of benzene rings is 3. The monoisotopic (exact) mass is 596 g/mol. The van der Waals surface area contributed by atoms with Crippen LogP contribution in [0.2, 0.25) is 0 Å². The third-order valence-electron chi connectivity index (χ3n) is 7.45. The number of nitrogens with one attached hydrogen (secondary N) is 2. The highest BCUT2D eigenvalue weighted by Crippen LogP contribution is 2.30. The molecule has 0 saturated heterocycles. The fourth-order valence-corrected chi connectivity index (χ4v) is 4.77. The van der Waals surface area contributed by atoms with E-state index in [1.54, 1.807) is 38.5 Å². The molecule has 0 unspecified atom stereocenters. The Morgan fingerprint density at radius 3 is 2.41 bits per heavy atom. The molecule has 2 amide bonds. The highest BCUT2D eigenvalue weighted by Gasteiger charge is 2.19. The van der Waals surface area contributed by atoms with Crippen LogP contribution in [0.3, 0.4) is 0 Å². The van der Waals surface area contributed by atoms with E-state index >= 15 is 0 Å². The van der Waals surface area contributed by atoms with E-state index in [9.17, 15) is 14.4 Å². The smallest absolute Gasteiger partial charge is 0.293 e. The van der Waals surface area contributed by atoms with E-state index in [0.29, 0.717) is 47.0 Å². The quantitative estimate of drug-likeness (QED) is 0.245. The Hall–Kier alpha value is -4.96. The van der Waals surface area contributed by atoms with E-state index < -0.39 is 0 Å². The molecule has 44 heavy (non-hydrogen) atoms. The Morgan fingerprint density at radius 2 is 1.77 bits per heavy atom. The van der Waals surface area contributed by atoms with Gasteiger partial charge in [-0.1, -0.05) is 45.0 Å². The normalized spacial score (nSPS) is 11.2. The van der Waals surface area contributed by atoms with Gasteiger partial charge in [0.15, 0.2) is 5.82 Å². The lowest BCUT2D eigenvalue weighted by Crippen LogP contribution is -2.31. The van der Waals surface area contributed by atoms with Gasteiger partial charge < -0.3 is 30.6 Å². The van der Waals surface area contributed by atoms with Crippen molar-refractivity contribution in [3.8, 4) is 17.0 Å². The molecule has 1 heterocycles. The molecule has 10 nitrogen and oxygen atoms in total. The van der Waals surface area contributed by atoms with Gasteiger partial charge in [0.25, 0.3) is 17.4 Å². The maximum absolute atomic E-state index is 13.1. The number of ether oxygens (including phenoxy) is 1. The predicted octanol–water partition coefficient (Wildman–Crippen LogP) is 5.09. The number of nitrogens with zero attached hydrogens (tertiary/aromatic N) is 3. The van der Waals surface area contributed by atoms with Crippen LogP contribution in [-0.4, -0.2) is 53.5 Å². The fraction of sp³-hybridized carbons (Fsp3) is 0.294. The number of likely N-dealkylation sites (N-methyl/N-ethyl adjacent to an activating group) is 1. The minimum absolute atomic E-state index is 0.00750. The van der Waals surface area contributed by atoms with Crippen LogP contribution in [-0.2, 0) is 12.5 Å². The zero-order valence-corrected chi connectivity index (χ0v) is 26.3. The summed E-state index contributed by atoms with van der Waals surface area (Å²) in [4.78, 5) is 45.2. The molecule has 4 rings (SSSR count). The molecule has 0 fully saturated rings. The second-order valence-electron chi connectivity index (χ2n) is 11.7. The molecule has 4 aromatic rings. The SMILES string of the molecule is COc1cc(Nc2nc(-c3cccc(NC(=O)c4ccc(C(C)(C)C)cc4)c3C)cn(C)c2=O)ccc1C(=O)N(C)CCN. The predicted molar refractivity (Wildman–Crippen MR) is 175 cm³/mol. The van der Waals surface area contributed by atoms with Crippen LogP contribution < -0.4 is 26.7 Å². The summed E-state index contributed by atoms with van der Waals surface area (Å²) in [5.74, 6) is 0.00850. The highest BCUT2D eigenvalue weighted by molar-refractivity contribution is 6.05. The van der Waals surface area contributed by atoms with Crippen LogP contribution in [0, 0.1) is 6.92 Å². The third kappa shape index (κ3) is 6.98. The molecular weight excluding hydrogens is 556 g/mol. The molecule has 0 atom stereocenters. The molecule has 10 heteroatoms. The standard InChI is InChI=1S/C34H40N6O4/c1-21-25(9-8-10-27(21)38-31(41)22-11-13-23(14-12-22)34(2,3)4)28-20-40(6)33(43)30(37-28)36-24-15-16-26(29(19-24)44-7)32(42)39(5)18-17-35/h8-16,19-20H,17-18,35H2,1-7H3,(H,36,37)(H,38,41). The summed E-state index contributed by atoms with van der Waals surface area (Å²) < 4.78 is 6.92. The second kappa shape index (κ2) is 13.1. The number of methoxy groups -OCH3 is 1. The molecular formula is C34H40N6O4. The van der Waals surface area contributed by atoms with Crippen molar-refractivity contribution in [2.75, 3.05) is 37.9 Å². The molecule has 4 N–H and O–H groups in total. The van der Waals surface area contributed by atoms with E-state index in [1.807, 2.05) is 49.4 Å². The van der Waals surface area contributed by atoms with Crippen LogP contribution in [0.5, 0.6) is 5.75 Å². The number of rotatable bonds is 9. The van der Waals surface area contributed by atoms with Gasteiger partial charge in [-0.3, -0.25) is 14.4 Å². The summed E-state index contributed by atoms with van der Waals surface area (Å²) in [5.41, 5.74) is 10.6. The number of carbonyl (C=O) groups is 2. The van der Waals surface area contributed by atoms with Gasteiger partial charge in [-0.25, -0.2) is 4.98 Å². The molecule has 0 saturated carbocycles. The Labute approximate surface area is 257 Å². The number of carbonyl (C=O) groups excluding carboxylic acids is 2. The van der Waals surface area contributed by atoms with Gasteiger partial charge in [0, 0.05) is 61.9 Å². The minimum Gasteiger partial charge on any atom is -0.496 e. The Bertz CT molecular complexity index is 1740. The number of hydrogen-bond acceptors (Lipinski definition) is 7. The molecule has 0 aliphatic rings. The molecule has 3 aromatic carbocycles. The number of amides is 2. The Morgan fingerprint density at radius 1 is 1.07 bits per heavy atom. The van der Waals surface area contributed by atoms with Gasteiger partial charge in [0.2, 0.25) is 0 Å². The summed E-state index contributed by atoms with van der Waals surface area (Å²) in [6.45, 7) is 9.04. The zero-order chi connectivity index (χ0) is 32.2. The second-order valence-corrected chi connectivity index (χ2v) is 11.7. The Balaban J connectivity index is 1.62. The van der Waals surface area contributed by atoms with E-state index in [2.05, 4.69) is 36.4 Å². The van der Waals surface area contributed by atoms with Crippen LogP contribution in [0.15, 0.2) is 71.7 Å². The molecule has 0 radical (unpaired) electrons.